The highest BCUT2D eigenvalue weighted by Crippen LogP contribution is 2.25. The monoisotopic (exact) mass is 410 g/mol. The van der Waals surface area contributed by atoms with Crippen LogP contribution in [0.2, 0.25) is 0 Å². The van der Waals surface area contributed by atoms with Crippen LogP contribution >= 0.6 is 0 Å². The highest BCUT2D eigenvalue weighted by atomic mass is 19.1. The molecule has 2 aliphatic heterocycles. The molecule has 3 unspecified atom stereocenters. The molecule has 3 atom stereocenters. The molecule has 0 aromatic heterocycles. The minimum atomic E-state index is -0.547. The maximum absolute atomic E-state index is 14.3. The van der Waals surface area contributed by atoms with E-state index in [2.05, 4.69) is 10.2 Å². The van der Waals surface area contributed by atoms with Gasteiger partial charge in [0.2, 0.25) is 0 Å². The number of hydrogen-bond donors (Lipinski definition) is 1. The van der Waals surface area contributed by atoms with Crippen molar-refractivity contribution >= 4 is 5.96 Å². The summed E-state index contributed by atoms with van der Waals surface area (Å²) < 4.78 is 40.4. The molecule has 29 heavy (non-hydrogen) atoms. The number of nitrogens with one attached hydrogen (secondary N) is 1. The molecule has 3 rings (SSSR count). The van der Waals surface area contributed by atoms with Crippen LogP contribution in [0.1, 0.15) is 31.4 Å². The summed E-state index contributed by atoms with van der Waals surface area (Å²) in [7, 11) is 3.61. The third-order valence-electron chi connectivity index (χ3n) is 5.48. The third kappa shape index (κ3) is 5.43. The molecule has 2 heterocycles. The van der Waals surface area contributed by atoms with Crippen LogP contribution in [0.5, 0.6) is 0 Å². The quantitative estimate of drug-likeness (QED) is 0.577. The molecule has 0 saturated carbocycles. The molecule has 2 saturated heterocycles. The average Bonchev–Trinajstić information content (AvgIpc) is 3.24. The van der Waals surface area contributed by atoms with E-state index >= 15 is 0 Å². The first kappa shape index (κ1) is 21.9. The summed E-state index contributed by atoms with van der Waals surface area (Å²) in [5.41, 5.74) is 0.0521. The fourth-order valence-corrected chi connectivity index (χ4v) is 3.93. The zero-order valence-electron chi connectivity index (χ0n) is 17.5. The fourth-order valence-electron chi connectivity index (χ4n) is 3.93. The molecule has 0 spiro atoms. The van der Waals surface area contributed by atoms with Gasteiger partial charge < -0.3 is 24.6 Å². The van der Waals surface area contributed by atoms with E-state index in [1.54, 1.807) is 19.0 Å². The highest BCUT2D eigenvalue weighted by molar-refractivity contribution is 5.80. The van der Waals surface area contributed by atoms with Crippen molar-refractivity contribution in [2.24, 2.45) is 4.99 Å². The van der Waals surface area contributed by atoms with Crippen molar-refractivity contribution in [2.45, 2.75) is 38.0 Å². The molecular formula is C21H32F2N4O2. The first-order chi connectivity index (χ1) is 14.0. The van der Waals surface area contributed by atoms with Gasteiger partial charge in [0.15, 0.2) is 5.96 Å². The standard InChI is InChI=1S/C21H32F2N4O2/c1-4-24-21(27-10-12-29-19(14-27)18-9-6-11-28-18)25-13-17(26(2)3)20-15(22)7-5-8-16(20)23/h5,7-8,17-19H,4,6,9-14H2,1-3H3,(H,24,25). The van der Waals surface area contributed by atoms with Gasteiger partial charge in [-0.25, -0.2) is 8.78 Å². The first-order valence-corrected chi connectivity index (χ1v) is 10.4. The van der Waals surface area contributed by atoms with Gasteiger partial charge in [-0.2, -0.15) is 0 Å². The summed E-state index contributed by atoms with van der Waals surface area (Å²) in [4.78, 5) is 8.69. The third-order valence-corrected chi connectivity index (χ3v) is 5.48. The zero-order valence-corrected chi connectivity index (χ0v) is 17.5. The van der Waals surface area contributed by atoms with Crippen LogP contribution in [0, 0.1) is 11.6 Å². The number of ether oxygens (including phenoxy) is 2. The predicted molar refractivity (Wildman–Crippen MR) is 109 cm³/mol. The van der Waals surface area contributed by atoms with Crippen LogP contribution in [0.3, 0.4) is 0 Å². The smallest absolute Gasteiger partial charge is 0.194 e. The maximum Gasteiger partial charge on any atom is 0.194 e. The van der Waals surface area contributed by atoms with E-state index in [0.29, 0.717) is 19.7 Å². The summed E-state index contributed by atoms with van der Waals surface area (Å²) in [5, 5.41) is 3.31. The molecule has 0 bridgehead atoms. The van der Waals surface area contributed by atoms with Gasteiger partial charge in [0, 0.05) is 31.8 Å². The minimum absolute atomic E-state index is 0.0174. The second kappa shape index (κ2) is 10.3. The van der Waals surface area contributed by atoms with E-state index in [1.807, 2.05) is 6.92 Å². The maximum atomic E-state index is 14.3. The van der Waals surface area contributed by atoms with E-state index in [9.17, 15) is 8.78 Å². The molecule has 0 aliphatic carbocycles. The Kier molecular flexibility index (Phi) is 7.80. The Morgan fingerprint density at radius 2 is 1.97 bits per heavy atom. The molecule has 6 nitrogen and oxygen atoms in total. The van der Waals surface area contributed by atoms with Gasteiger partial charge in [-0.15, -0.1) is 0 Å². The number of rotatable bonds is 6. The molecule has 1 N–H and O–H groups in total. The van der Waals surface area contributed by atoms with Gasteiger partial charge in [-0.05, 0) is 46.0 Å². The molecule has 2 aliphatic rings. The van der Waals surface area contributed by atoms with E-state index in [1.165, 1.54) is 18.2 Å². The Morgan fingerprint density at radius 1 is 1.24 bits per heavy atom. The van der Waals surface area contributed by atoms with E-state index in [-0.39, 0.29) is 24.3 Å². The largest absolute Gasteiger partial charge is 0.375 e. The second-order valence-electron chi connectivity index (χ2n) is 7.72. The number of likely N-dealkylation sites (N-methyl/N-ethyl adjacent to an activating group) is 1. The normalized spacial score (nSPS) is 24.2. The molecule has 1 aromatic carbocycles. The van der Waals surface area contributed by atoms with Gasteiger partial charge in [0.1, 0.15) is 17.7 Å². The lowest BCUT2D eigenvalue weighted by molar-refractivity contribution is -0.0817. The van der Waals surface area contributed by atoms with Crippen LogP contribution < -0.4 is 5.32 Å². The zero-order chi connectivity index (χ0) is 20.8. The molecular weight excluding hydrogens is 378 g/mol. The first-order valence-electron chi connectivity index (χ1n) is 10.4. The molecule has 2 fully saturated rings. The summed E-state index contributed by atoms with van der Waals surface area (Å²) in [6.07, 6.45) is 2.23. The number of guanidine groups is 1. The number of nitrogens with zero attached hydrogens (tertiary/aromatic N) is 3. The van der Waals surface area contributed by atoms with E-state index in [0.717, 1.165) is 32.0 Å². The van der Waals surface area contributed by atoms with Gasteiger partial charge in [0.25, 0.3) is 0 Å². The minimum Gasteiger partial charge on any atom is -0.375 e. The summed E-state index contributed by atoms with van der Waals surface area (Å²) in [5.74, 6) is -0.357. The fraction of sp³-hybridized carbons (Fsp3) is 0.667. The Balaban J connectivity index is 1.76. The summed E-state index contributed by atoms with van der Waals surface area (Å²) in [6.45, 7) is 5.77. The molecule has 162 valence electrons. The number of halogens is 2. The lowest BCUT2D eigenvalue weighted by Crippen LogP contribution is -2.53. The van der Waals surface area contributed by atoms with Crippen LogP contribution in [0.25, 0.3) is 0 Å². The van der Waals surface area contributed by atoms with E-state index < -0.39 is 17.7 Å². The van der Waals surface area contributed by atoms with Crippen molar-refractivity contribution < 1.29 is 18.3 Å². The topological polar surface area (TPSA) is 49.3 Å². The van der Waals surface area contributed by atoms with E-state index in [4.69, 9.17) is 14.5 Å². The Bertz CT molecular complexity index is 675. The predicted octanol–water partition coefficient (Wildman–Crippen LogP) is 2.41. The Hall–Kier alpha value is -1.77. The number of morpholine rings is 1. The highest BCUT2D eigenvalue weighted by Gasteiger charge is 2.32. The van der Waals surface area contributed by atoms with Crippen LogP contribution in [0.4, 0.5) is 8.78 Å². The number of benzene rings is 1. The Labute approximate surface area is 171 Å². The summed E-state index contributed by atoms with van der Waals surface area (Å²) in [6, 6.07) is 3.46. The van der Waals surface area contributed by atoms with Crippen molar-refractivity contribution in [3.8, 4) is 0 Å². The number of hydrogen-bond acceptors (Lipinski definition) is 4. The van der Waals surface area contributed by atoms with Crippen molar-refractivity contribution in [3.63, 3.8) is 0 Å². The van der Waals surface area contributed by atoms with Crippen molar-refractivity contribution in [2.75, 3.05) is 53.5 Å². The van der Waals surface area contributed by atoms with Gasteiger partial charge in [-0.1, -0.05) is 6.07 Å². The molecule has 1 aromatic rings. The lowest BCUT2D eigenvalue weighted by Gasteiger charge is -2.37. The van der Waals surface area contributed by atoms with Gasteiger partial charge in [-0.3, -0.25) is 4.99 Å². The van der Waals surface area contributed by atoms with Crippen LogP contribution in [-0.4, -0.2) is 81.5 Å². The molecule has 0 amide bonds. The van der Waals surface area contributed by atoms with Crippen molar-refractivity contribution in [1.82, 2.24) is 15.1 Å². The molecule has 8 heteroatoms. The van der Waals surface area contributed by atoms with Crippen molar-refractivity contribution in [3.05, 3.63) is 35.4 Å². The van der Waals surface area contributed by atoms with Gasteiger partial charge in [0.05, 0.1) is 25.3 Å². The van der Waals surface area contributed by atoms with Crippen molar-refractivity contribution in [1.29, 1.82) is 0 Å². The SMILES string of the molecule is CCNC(=NCC(c1c(F)cccc1F)N(C)C)N1CCOC(C2CCCO2)C1. The van der Waals surface area contributed by atoms with Gasteiger partial charge >= 0.3 is 0 Å². The Morgan fingerprint density at radius 3 is 2.59 bits per heavy atom. The van der Waals surface area contributed by atoms with Crippen LogP contribution in [0.15, 0.2) is 23.2 Å². The molecule has 0 radical (unpaired) electrons. The second-order valence-corrected chi connectivity index (χ2v) is 7.72. The lowest BCUT2D eigenvalue weighted by atomic mass is 10.0. The van der Waals surface area contributed by atoms with Crippen LogP contribution in [-0.2, 0) is 9.47 Å². The summed E-state index contributed by atoms with van der Waals surface area (Å²) >= 11 is 0. The average molecular weight is 411 g/mol. The number of aliphatic imine (C=N–C) groups is 1.